The van der Waals surface area contributed by atoms with Crippen molar-refractivity contribution in [2.75, 3.05) is 5.73 Å². The number of fused-ring (bicyclic) bond motifs is 1. The monoisotopic (exact) mass is 287 g/mol. The minimum Gasteiger partial charge on any atom is -0.368 e. The molecule has 0 bridgehead atoms. The highest BCUT2D eigenvalue weighted by atomic mass is 35.5. The Hall–Kier alpha value is -1.78. The summed E-state index contributed by atoms with van der Waals surface area (Å²) >= 11 is 7.66. The molecule has 2 N–H and O–H groups in total. The van der Waals surface area contributed by atoms with E-state index in [2.05, 4.69) is 9.97 Å². The lowest BCUT2D eigenvalue weighted by Gasteiger charge is -2.07. The Morgan fingerprint density at radius 2 is 1.68 bits per heavy atom. The molecule has 19 heavy (non-hydrogen) atoms. The maximum atomic E-state index is 6.17. The van der Waals surface area contributed by atoms with Gasteiger partial charge < -0.3 is 5.73 Å². The number of halogens is 1. The van der Waals surface area contributed by atoms with E-state index in [0.29, 0.717) is 5.02 Å². The van der Waals surface area contributed by atoms with Crippen molar-refractivity contribution in [1.82, 2.24) is 9.97 Å². The molecule has 1 aromatic heterocycles. The zero-order valence-corrected chi connectivity index (χ0v) is 11.4. The number of para-hydroxylation sites is 1. The molecule has 0 saturated heterocycles. The van der Waals surface area contributed by atoms with Crippen molar-refractivity contribution in [3.63, 3.8) is 0 Å². The van der Waals surface area contributed by atoms with Crippen LogP contribution in [0.3, 0.4) is 0 Å². The van der Waals surface area contributed by atoms with E-state index in [1.165, 1.54) is 11.8 Å². The molecule has 94 valence electrons. The van der Waals surface area contributed by atoms with Crippen molar-refractivity contribution in [1.29, 1.82) is 0 Å². The average Bonchev–Trinajstić information content (AvgIpc) is 2.41. The number of benzene rings is 2. The van der Waals surface area contributed by atoms with Crippen LogP contribution in [-0.4, -0.2) is 9.97 Å². The predicted octanol–water partition coefficient (Wildman–Crippen LogP) is 4.02. The van der Waals surface area contributed by atoms with E-state index >= 15 is 0 Å². The normalized spacial score (nSPS) is 10.8. The molecule has 3 rings (SSSR count). The summed E-state index contributed by atoms with van der Waals surface area (Å²) in [7, 11) is 0. The van der Waals surface area contributed by atoms with E-state index in [0.717, 1.165) is 20.8 Å². The molecule has 3 aromatic rings. The van der Waals surface area contributed by atoms with Gasteiger partial charge in [-0.3, -0.25) is 0 Å². The number of hydrogen-bond donors (Lipinski definition) is 1. The number of anilines is 1. The lowest BCUT2D eigenvalue weighted by Crippen LogP contribution is -1.97. The van der Waals surface area contributed by atoms with E-state index in [1.807, 2.05) is 48.5 Å². The highest BCUT2D eigenvalue weighted by Gasteiger charge is 2.09. The Balaban J connectivity index is 2.13. The van der Waals surface area contributed by atoms with E-state index in [4.69, 9.17) is 17.3 Å². The largest absolute Gasteiger partial charge is 0.368 e. The first-order valence-electron chi connectivity index (χ1n) is 5.69. The third-order valence-electron chi connectivity index (χ3n) is 2.63. The third-order valence-corrected chi connectivity index (χ3v) is 4.15. The molecular formula is C14H10ClN3S. The van der Waals surface area contributed by atoms with Crippen LogP contribution >= 0.6 is 23.4 Å². The standard InChI is InChI=1S/C14H10ClN3S/c15-10-6-2-4-8-12(10)19-13-9-5-1-3-7-11(9)17-14(16)18-13/h1-8H,(H2,16,17,18). The van der Waals surface area contributed by atoms with Crippen molar-refractivity contribution in [2.45, 2.75) is 9.92 Å². The van der Waals surface area contributed by atoms with Gasteiger partial charge >= 0.3 is 0 Å². The minimum atomic E-state index is 0.272. The number of nitrogen functional groups attached to an aromatic ring is 1. The second-order valence-corrected chi connectivity index (χ2v) is 5.37. The van der Waals surface area contributed by atoms with Crippen LogP contribution in [0, 0.1) is 0 Å². The first kappa shape index (κ1) is 12.3. The lowest BCUT2D eigenvalue weighted by atomic mass is 10.2. The summed E-state index contributed by atoms with van der Waals surface area (Å²) in [6, 6.07) is 15.5. The van der Waals surface area contributed by atoms with Crippen molar-refractivity contribution >= 4 is 40.2 Å². The highest BCUT2D eigenvalue weighted by Crippen LogP contribution is 2.35. The molecule has 3 nitrogen and oxygen atoms in total. The van der Waals surface area contributed by atoms with Crippen LogP contribution in [0.2, 0.25) is 5.02 Å². The Morgan fingerprint density at radius 1 is 0.947 bits per heavy atom. The van der Waals surface area contributed by atoms with Gasteiger partial charge in [-0.05, 0) is 18.2 Å². The van der Waals surface area contributed by atoms with Gasteiger partial charge in [0, 0.05) is 10.3 Å². The van der Waals surface area contributed by atoms with Gasteiger partial charge in [0.05, 0.1) is 10.5 Å². The zero-order chi connectivity index (χ0) is 13.2. The van der Waals surface area contributed by atoms with Crippen LogP contribution < -0.4 is 5.73 Å². The average molecular weight is 288 g/mol. The summed E-state index contributed by atoms with van der Waals surface area (Å²) in [5.74, 6) is 0.272. The van der Waals surface area contributed by atoms with Crippen molar-refractivity contribution in [3.05, 3.63) is 53.6 Å². The second-order valence-electron chi connectivity index (χ2n) is 3.94. The fourth-order valence-electron chi connectivity index (χ4n) is 1.77. The first-order valence-corrected chi connectivity index (χ1v) is 6.88. The summed E-state index contributed by atoms with van der Waals surface area (Å²) in [5.41, 5.74) is 6.59. The van der Waals surface area contributed by atoms with E-state index in [9.17, 15) is 0 Å². The lowest BCUT2D eigenvalue weighted by molar-refractivity contribution is 1.12. The fraction of sp³-hybridized carbons (Fsp3) is 0. The summed E-state index contributed by atoms with van der Waals surface area (Å²) in [6.45, 7) is 0. The van der Waals surface area contributed by atoms with Crippen LogP contribution in [0.15, 0.2) is 58.5 Å². The molecule has 0 saturated carbocycles. The van der Waals surface area contributed by atoms with Gasteiger partial charge in [0.1, 0.15) is 5.03 Å². The van der Waals surface area contributed by atoms with Gasteiger partial charge in [0.25, 0.3) is 0 Å². The summed E-state index contributed by atoms with van der Waals surface area (Å²) in [5, 5.41) is 2.49. The number of rotatable bonds is 2. The molecule has 0 aliphatic rings. The second kappa shape index (κ2) is 5.07. The molecule has 0 fully saturated rings. The van der Waals surface area contributed by atoms with E-state index < -0.39 is 0 Å². The van der Waals surface area contributed by atoms with Crippen LogP contribution in [0.1, 0.15) is 0 Å². The van der Waals surface area contributed by atoms with Gasteiger partial charge in [0.2, 0.25) is 5.95 Å². The molecule has 0 unspecified atom stereocenters. The summed E-state index contributed by atoms with van der Waals surface area (Å²) < 4.78 is 0. The quantitative estimate of drug-likeness (QED) is 0.723. The van der Waals surface area contributed by atoms with Crippen LogP contribution in [0.25, 0.3) is 10.9 Å². The van der Waals surface area contributed by atoms with Gasteiger partial charge in [0.15, 0.2) is 0 Å². The fourth-order valence-corrected chi connectivity index (χ4v) is 2.97. The van der Waals surface area contributed by atoms with E-state index in [1.54, 1.807) is 0 Å². The van der Waals surface area contributed by atoms with Gasteiger partial charge in [-0.25, -0.2) is 9.97 Å². The molecule has 1 heterocycles. The molecule has 5 heteroatoms. The van der Waals surface area contributed by atoms with Crippen LogP contribution in [-0.2, 0) is 0 Å². The SMILES string of the molecule is Nc1nc(Sc2ccccc2Cl)c2ccccc2n1. The zero-order valence-electron chi connectivity index (χ0n) is 9.88. The van der Waals surface area contributed by atoms with Crippen LogP contribution in [0.4, 0.5) is 5.95 Å². The van der Waals surface area contributed by atoms with Crippen molar-refractivity contribution < 1.29 is 0 Å². The summed E-state index contributed by atoms with van der Waals surface area (Å²) in [4.78, 5) is 9.48. The molecule has 0 radical (unpaired) electrons. The third kappa shape index (κ3) is 2.50. The molecular weight excluding hydrogens is 278 g/mol. The van der Waals surface area contributed by atoms with Crippen LogP contribution in [0.5, 0.6) is 0 Å². The first-order chi connectivity index (χ1) is 9.24. The number of hydrogen-bond acceptors (Lipinski definition) is 4. The molecule has 0 aliphatic heterocycles. The molecule has 0 spiro atoms. The summed E-state index contributed by atoms with van der Waals surface area (Å²) in [6.07, 6.45) is 0. The minimum absolute atomic E-state index is 0.272. The molecule has 2 aromatic carbocycles. The Labute approximate surface area is 119 Å². The Bertz CT molecular complexity index is 746. The smallest absolute Gasteiger partial charge is 0.221 e. The topological polar surface area (TPSA) is 51.8 Å². The van der Waals surface area contributed by atoms with Crippen molar-refractivity contribution in [2.24, 2.45) is 0 Å². The predicted molar refractivity (Wildman–Crippen MR) is 79.5 cm³/mol. The number of nitrogens with zero attached hydrogens (tertiary/aromatic N) is 2. The van der Waals surface area contributed by atoms with Gasteiger partial charge in [-0.15, -0.1) is 0 Å². The highest BCUT2D eigenvalue weighted by molar-refractivity contribution is 7.99. The Morgan fingerprint density at radius 3 is 2.53 bits per heavy atom. The van der Waals surface area contributed by atoms with Gasteiger partial charge in [-0.2, -0.15) is 0 Å². The number of aromatic nitrogens is 2. The Kier molecular flexibility index (Phi) is 3.27. The maximum Gasteiger partial charge on any atom is 0.221 e. The van der Waals surface area contributed by atoms with E-state index in [-0.39, 0.29) is 5.95 Å². The van der Waals surface area contributed by atoms with Gasteiger partial charge in [-0.1, -0.05) is 53.7 Å². The maximum absolute atomic E-state index is 6.17. The number of nitrogens with two attached hydrogens (primary N) is 1. The molecule has 0 amide bonds. The molecule has 0 aliphatic carbocycles. The molecule has 0 atom stereocenters. The van der Waals surface area contributed by atoms with Crippen molar-refractivity contribution in [3.8, 4) is 0 Å².